The van der Waals surface area contributed by atoms with E-state index in [-0.39, 0.29) is 11.8 Å². The van der Waals surface area contributed by atoms with Gasteiger partial charge in [-0.2, -0.15) is 0 Å². The molecule has 3 saturated carbocycles. The minimum atomic E-state index is 0.0910. The first kappa shape index (κ1) is 11.6. The van der Waals surface area contributed by atoms with Crippen molar-refractivity contribution >= 4 is 23.5 Å². The maximum absolute atomic E-state index is 12.3. The molecule has 4 unspecified atom stereocenters. The highest BCUT2D eigenvalue weighted by Gasteiger charge is 2.67. The highest BCUT2D eigenvalue weighted by molar-refractivity contribution is 6.29. The SMILES string of the molecule is Cc1cc(Cl)nc(NC(=O)C2C3C4CCC(C4)C23)n1. The Bertz CT molecular complexity index is 525. The first-order chi connectivity index (χ1) is 9.13. The summed E-state index contributed by atoms with van der Waals surface area (Å²) in [5.41, 5.74) is 0.770. The van der Waals surface area contributed by atoms with Gasteiger partial charge in [-0.3, -0.25) is 10.1 Å². The molecule has 1 heterocycles. The fourth-order valence-electron chi connectivity index (χ4n) is 4.46. The average molecular weight is 278 g/mol. The van der Waals surface area contributed by atoms with Crippen molar-refractivity contribution in [3.8, 4) is 0 Å². The Hall–Kier alpha value is -1.16. The van der Waals surface area contributed by atoms with Crippen LogP contribution in [0.3, 0.4) is 0 Å². The van der Waals surface area contributed by atoms with Crippen molar-refractivity contribution in [2.45, 2.75) is 26.2 Å². The molecule has 0 saturated heterocycles. The average Bonchev–Trinajstić information content (AvgIpc) is 2.78. The number of aromatic nitrogens is 2. The third kappa shape index (κ3) is 1.76. The van der Waals surface area contributed by atoms with E-state index < -0.39 is 0 Å². The highest BCUT2D eigenvalue weighted by atomic mass is 35.5. The lowest BCUT2D eigenvalue weighted by molar-refractivity contribution is -0.118. The van der Waals surface area contributed by atoms with Crippen LogP contribution >= 0.6 is 11.6 Å². The summed E-state index contributed by atoms with van der Waals surface area (Å²) in [6.45, 7) is 1.84. The van der Waals surface area contributed by atoms with Crippen molar-refractivity contribution in [3.63, 3.8) is 0 Å². The third-order valence-corrected chi connectivity index (χ3v) is 5.29. The number of nitrogens with zero attached hydrogens (tertiary/aromatic N) is 2. The van der Waals surface area contributed by atoms with Crippen molar-refractivity contribution < 1.29 is 4.79 Å². The normalized spacial score (nSPS) is 38.1. The molecule has 1 aromatic heterocycles. The van der Waals surface area contributed by atoms with E-state index in [2.05, 4.69) is 15.3 Å². The zero-order valence-corrected chi connectivity index (χ0v) is 11.5. The summed E-state index contributed by atoms with van der Waals surface area (Å²) < 4.78 is 0. The molecule has 19 heavy (non-hydrogen) atoms. The summed E-state index contributed by atoms with van der Waals surface area (Å²) in [6, 6.07) is 1.68. The van der Waals surface area contributed by atoms with Gasteiger partial charge in [-0.15, -0.1) is 0 Å². The number of rotatable bonds is 2. The smallest absolute Gasteiger partial charge is 0.231 e. The van der Waals surface area contributed by atoms with E-state index in [0.29, 0.717) is 22.9 Å². The molecule has 3 aliphatic carbocycles. The van der Waals surface area contributed by atoms with Gasteiger partial charge in [-0.1, -0.05) is 11.6 Å². The van der Waals surface area contributed by atoms with Gasteiger partial charge in [0.15, 0.2) is 0 Å². The van der Waals surface area contributed by atoms with Crippen LogP contribution in [0.1, 0.15) is 25.0 Å². The fraction of sp³-hybridized carbons (Fsp3) is 0.643. The van der Waals surface area contributed by atoms with Gasteiger partial charge in [-0.25, -0.2) is 9.97 Å². The van der Waals surface area contributed by atoms with Gasteiger partial charge in [-0.05, 0) is 55.9 Å². The van der Waals surface area contributed by atoms with Crippen LogP contribution < -0.4 is 5.32 Å². The maximum Gasteiger partial charge on any atom is 0.231 e. The molecular weight excluding hydrogens is 262 g/mol. The predicted octanol–water partition coefficient (Wildman–Crippen LogP) is 2.67. The number of carbonyl (C=O) groups excluding carboxylic acids is 1. The molecular formula is C14H16ClN3O. The van der Waals surface area contributed by atoms with E-state index in [1.807, 2.05) is 6.92 Å². The van der Waals surface area contributed by atoms with Gasteiger partial charge in [0, 0.05) is 11.6 Å². The van der Waals surface area contributed by atoms with Crippen molar-refractivity contribution in [1.29, 1.82) is 0 Å². The molecule has 100 valence electrons. The second-order valence-electron chi connectivity index (χ2n) is 6.16. The fourth-order valence-corrected chi connectivity index (χ4v) is 4.69. The number of hydrogen-bond acceptors (Lipinski definition) is 3. The minimum Gasteiger partial charge on any atom is -0.294 e. The summed E-state index contributed by atoms with van der Waals surface area (Å²) in [4.78, 5) is 20.6. The highest BCUT2D eigenvalue weighted by Crippen LogP contribution is 2.69. The molecule has 4 atom stereocenters. The van der Waals surface area contributed by atoms with Crippen LogP contribution in [-0.2, 0) is 4.79 Å². The van der Waals surface area contributed by atoms with Gasteiger partial charge in [0.1, 0.15) is 5.15 Å². The monoisotopic (exact) mass is 277 g/mol. The van der Waals surface area contributed by atoms with Crippen LogP contribution in [0.5, 0.6) is 0 Å². The summed E-state index contributed by atoms with van der Waals surface area (Å²) in [5, 5.41) is 3.21. The van der Waals surface area contributed by atoms with Crippen molar-refractivity contribution in [1.82, 2.24) is 9.97 Å². The van der Waals surface area contributed by atoms with Crippen LogP contribution in [0.4, 0.5) is 5.95 Å². The van der Waals surface area contributed by atoms with Gasteiger partial charge in [0.2, 0.25) is 11.9 Å². The number of carbonyl (C=O) groups is 1. The first-order valence-corrected chi connectivity index (χ1v) is 7.33. The van der Waals surface area contributed by atoms with E-state index in [1.54, 1.807) is 6.07 Å². The second kappa shape index (κ2) is 3.92. The molecule has 0 spiro atoms. The summed E-state index contributed by atoms with van der Waals surface area (Å²) in [6.07, 6.45) is 4.00. The molecule has 3 fully saturated rings. The number of halogens is 1. The number of aryl methyl sites for hydroxylation is 1. The topological polar surface area (TPSA) is 54.9 Å². The molecule has 0 aliphatic heterocycles. The lowest BCUT2D eigenvalue weighted by Gasteiger charge is -2.09. The van der Waals surface area contributed by atoms with Crippen LogP contribution in [0, 0.1) is 36.5 Å². The van der Waals surface area contributed by atoms with Crippen molar-refractivity contribution in [2.24, 2.45) is 29.6 Å². The molecule has 1 aromatic rings. The van der Waals surface area contributed by atoms with Gasteiger partial charge in [0.05, 0.1) is 0 Å². The Morgan fingerprint density at radius 3 is 2.63 bits per heavy atom. The number of fused-ring (bicyclic) bond motifs is 5. The Labute approximate surface area is 117 Å². The lowest BCUT2D eigenvalue weighted by Crippen LogP contribution is -2.20. The first-order valence-electron chi connectivity index (χ1n) is 6.95. The standard InChI is InChI=1S/C14H16ClN3O/c1-6-4-9(15)17-14(16-6)18-13(19)12-10-7-2-3-8(5-7)11(10)12/h4,7-8,10-12H,2-3,5H2,1H3,(H,16,17,18,19). The third-order valence-electron chi connectivity index (χ3n) is 5.10. The Kier molecular flexibility index (Phi) is 2.40. The molecule has 0 aromatic carbocycles. The van der Waals surface area contributed by atoms with Crippen LogP contribution in [0.2, 0.25) is 5.15 Å². The number of hydrogen-bond donors (Lipinski definition) is 1. The van der Waals surface area contributed by atoms with Gasteiger partial charge < -0.3 is 0 Å². The summed E-state index contributed by atoms with van der Waals surface area (Å²) in [7, 11) is 0. The molecule has 4 nitrogen and oxygen atoms in total. The van der Waals surface area contributed by atoms with Crippen LogP contribution in [0.15, 0.2) is 6.07 Å². The quantitative estimate of drug-likeness (QED) is 0.846. The summed E-state index contributed by atoms with van der Waals surface area (Å²) in [5.74, 6) is 3.51. The molecule has 1 amide bonds. The Balaban J connectivity index is 1.48. The van der Waals surface area contributed by atoms with E-state index in [9.17, 15) is 4.79 Å². The van der Waals surface area contributed by atoms with Crippen LogP contribution in [0.25, 0.3) is 0 Å². The molecule has 1 N–H and O–H groups in total. The Morgan fingerprint density at radius 1 is 1.32 bits per heavy atom. The number of anilines is 1. The van der Waals surface area contributed by atoms with Gasteiger partial charge >= 0.3 is 0 Å². The van der Waals surface area contributed by atoms with E-state index in [1.165, 1.54) is 19.3 Å². The molecule has 4 rings (SSSR count). The number of nitrogens with one attached hydrogen (secondary N) is 1. The Morgan fingerprint density at radius 2 is 2.00 bits per heavy atom. The largest absolute Gasteiger partial charge is 0.294 e. The molecule has 2 bridgehead atoms. The number of amides is 1. The van der Waals surface area contributed by atoms with E-state index in [4.69, 9.17) is 11.6 Å². The van der Waals surface area contributed by atoms with Crippen molar-refractivity contribution in [2.75, 3.05) is 5.32 Å². The van der Waals surface area contributed by atoms with Gasteiger partial charge in [0.25, 0.3) is 0 Å². The second-order valence-corrected chi connectivity index (χ2v) is 6.55. The zero-order valence-electron chi connectivity index (χ0n) is 10.8. The molecule has 3 aliphatic rings. The lowest BCUT2D eigenvalue weighted by atomic mass is 10.0. The zero-order chi connectivity index (χ0) is 13.1. The van der Waals surface area contributed by atoms with E-state index >= 15 is 0 Å². The maximum atomic E-state index is 12.3. The van der Waals surface area contributed by atoms with Crippen molar-refractivity contribution in [3.05, 3.63) is 16.9 Å². The van der Waals surface area contributed by atoms with Crippen LogP contribution in [-0.4, -0.2) is 15.9 Å². The minimum absolute atomic E-state index is 0.0910. The summed E-state index contributed by atoms with van der Waals surface area (Å²) >= 11 is 5.88. The molecule has 0 radical (unpaired) electrons. The predicted molar refractivity (Wildman–Crippen MR) is 71.7 cm³/mol. The van der Waals surface area contributed by atoms with E-state index in [0.717, 1.165) is 17.5 Å². The molecule has 5 heteroatoms.